The maximum absolute atomic E-state index is 11.7. The van der Waals surface area contributed by atoms with Crippen LogP contribution in [0.2, 0.25) is 0 Å². The Morgan fingerprint density at radius 2 is 1.91 bits per heavy atom. The van der Waals surface area contributed by atoms with Crippen LogP contribution in [0.4, 0.5) is 10.6 Å². The molecule has 1 heterocycles. The predicted octanol–water partition coefficient (Wildman–Crippen LogP) is 1.21. The van der Waals surface area contributed by atoms with Crippen molar-refractivity contribution in [3.8, 4) is 11.5 Å². The lowest BCUT2D eigenvalue weighted by atomic mass is 10.3. The van der Waals surface area contributed by atoms with Crippen LogP contribution in [-0.2, 0) is 6.54 Å². The Morgan fingerprint density at radius 1 is 1.22 bits per heavy atom. The van der Waals surface area contributed by atoms with Gasteiger partial charge in [0.1, 0.15) is 23.1 Å². The number of anilines is 1. The number of nitrogens with zero attached hydrogens (tertiary/aromatic N) is 2. The fourth-order valence-electron chi connectivity index (χ4n) is 1.74. The molecule has 4 N–H and O–H groups in total. The number of benzene rings is 1. The molecule has 0 saturated heterocycles. The lowest BCUT2D eigenvalue weighted by Crippen LogP contribution is -2.37. The number of carbonyl (C=O) groups is 1. The van der Waals surface area contributed by atoms with Gasteiger partial charge < -0.3 is 25.8 Å². The summed E-state index contributed by atoms with van der Waals surface area (Å²) < 4.78 is 10.4. The second-order valence-corrected chi connectivity index (χ2v) is 4.65. The van der Waals surface area contributed by atoms with Gasteiger partial charge in [-0.15, -0.1) is 0 Å². The molecule has 2 amide bonds. The van der Waals surface area contributed by atoms with Crippen LogP contribution in [0, 0.1) is 6.92 Å². The van der Waals surface area contributed by atoms with Gasteiger partial charge in [-0.3, -0.25) is 0 Å². The third kappa shape index (κ3) is 5.03. The molecule has 0 unspecified atom stereocenters. The molecule has 0 bridgehead atoms. The first-order valence-corrected chi connectivity index (χ1v) is 6.95. The van der Waals surface area contributed by atoms with Crippen molar-refractivity contribution in [2.45, 2.75) is 13.5 Å². The number of carbonyl (C=O) groups excluding carboxylic acids is 1. The molecule has 1 aromatic carbocycles. The molecule has 0 aliphatic rings. The van der Waals surface area contributed by atoms with E-state index in [0.717, 1.165) is 5.75 Å². The van der Waals surface area contributed by atoms with Gasteiger partial charge in [0.25, 0.3) is 0 Å². The number of nitrogen functional groups attached to an aromatic ring is 1. The van der Waals surface area contributed by atoms with Crippen LogP contribution >= 0.6 is 0 Å². The van der Waals surface area contributed by atoms with Gasteiger partial charge in [0.2, 0.25) is 0 Å². The van der Waals surface area contributed by atoms with Crippen molar-refractivity contribution in [1.29, 1.82) is 0 Å². The van der Waals surface area contributed by atoms with E-state index < -0.39 is 0 Å². The zero-order valence-electron chi connectivity index (χ0n) is 13.0. The van der Waals surface area contributed by atoms with E-state index in [1.165, 1.54) is 0 Å². The van der Waals surface area contributed by atoms with Crippen LogP contribution < -0.4 is 25.8 Å². The van der Waals surface area contributed by atoms with Crippen LogP contribution in [0.3, 0.4) is 0 Å². The van der Waals surface area contributed by atoms with Crippen molar-refractivity contribution in [2.75, 3.05) is 19.6 Å². The molecule has 0 radical (unpaired) electrons. The number of methoxy groups -OCH3 is 1. The zero-order valence-corrected chi connectivity index (χ0v) is 13.0. The van der Waals surface area contributed by atoms with Crippen molar-refractivity contribution in [1.82, 2.24) is 20.6 Å². The van der Waals surface area contributed by atoms with Crippen LogP contribution in [0.25, 0.3) is 0 Å². The highest BCUT2D eigenvalue weighted by atomic mass is 16.5. The fraction of sp³-hybridized carbons (Fsp3) is 0.267. The minimum atomic E-state index is -0.376. The van der Waals surface area contributed by atoms with Gasteiger partial charge in [0.05, 0.1) is 7.11 Å². The number of nitrogens with two attached hydrogens (primary N) is 1. The molecule has 0 fully saturated rings. The molecular weight excluding hydrogens is 298 g/mol. The van der Waals surface area contributed by atoms with Gasteiger partial charge in [-0.05, 0) is 31.2 Å². The highest BCUT2D eigenvalue weighted by molar-refractivity contribution is 5.73. The second-order valence-electron chi connectivity index (χ2n) is 4.65. The molecule has 0 spiro atoms. The van der Waals surface area contributed by atoms with Gasteiger partial charge in [0, 0.05) is 18.3 Å². The minimum absolute atomic E-state index is 0.0397. The van der Waals surface area contributed by atoms with E-state index in [1.54, 1.807) is 44.5 Å². The van der Waals surface area contributed by atoms with Gasteiger partial charge in [-0.2, -0.15) is 0 Å². The van der Waals surface area contributed by atoms with Crippen LogP contribution in [0.15, 0.2) is 30.5 Å². The highest BCUT2D eigenvalue weighted by Gasteiger charge is 2.05. The standard InChI is InChI=1S/C15H19N5O3/c1-10-17-7-11(14(16)20-10)8-18-15(21)19-9-23-13-5-3-12(22-2)4-6-13/h3-7H,8-9H2,1-2H3,(H2,16,17,20)(H2,18,19,21). The number of amides is 2. The maximum atomic E-state index is 11.7. The van der Waals surface area contributed by atoms with E-state index in [-0.39, 0.29) is 19.3 Å². The Morgan fingerprint density at radius 3 is 2.57 bits per heavy atom. The Bertz CT molecular complexity index is 661. The third-order valence-electron chi connectivity index (χ3n) is 2.99. The maximum Gasteiger partial charge on any atom is 0.317 e. The van der Waals surface area contributed by atoms with Gasteiger partial charge in [-0.25, -0.2) is 14.8 Å². The first kappa shape index (κ1) is 16.3. The summed E-state index contributed by atoms with van der Waals surface area (Å²) in [5.74, 6) is 2.30. The second kappa shape index (κ2) is 7.83. The number of hydrogen-bond acceptors (Lipinski definition) is 6. The summed E-state index contributed by atoms with van der Waals surface area (Å²) >= 11 is 0. The minimum Gasteiger partial charge on any atom is -0.497 e. The number of aryl methyl sites for hydroxylation is 1. The lowest BCUT2D eigenvalue weighted by molar-refractivity contribution is 0.223. The van der Waals surface area contributed by atoms with Crippen molar-refractivity contribution in [2.24, 2.45) is 0 Å². The van der Waals surface area contributed by atoms with E-state index in [2.05, 4.69) is 20.6 Å². The largest absolute Gasteiger partial charge is 0.497 e. The van der Waals surface area contributed by atoms with E-state index in [4.69, 9.17) is 15.2 Å². The third-order valence-corrected chi connectivity index (χ3v) is 2.99. The lowest BCUT2D eigenvalue weighted by Gasteiger charge is -2.10. The monoisotopic (exact) mass is 317 g/mol. The van der Waals surface area contributed by atoms with E-state index >= 15 is 0 Å². The normalized spacial score (nSPS) is 10.0. The average molecular weight is 317 g/mol. The van der Waals surface area contributed by atoms with Crippen LogP contribution in [0.1, 0.15) is 11.4 Å². The number of ether oxygens (including phenoxy) is 2. The Kier molecular flexibility index (Phi) is 5.56. The first-order chi connectivity index (χ1) is 11.1. The number of hydrogen-bond donors (Lipinski definition) is 3. The van der Waals surface area contributed by atoms with E-state index in [0.29, 0.717) is 23.0 Å². The number of aromatic nitrogens is 2. The smallest absolute Gasteiger partial charge is 0.317 e. The number of nitrogens with one attached hydrogen (secondary N) is 2. The summed E-state index contributed by atoms with van der Waals surface area (Å²) in [7, 11) is 1.59. The SMILES string of the molecule is COc1ccc(OCNC(=O)NCc2cnc(C)nc2N)cc1. The molecule has 8 heteroatoms. The molecule has 0 atom stereocenters. The van der Waals surface area contributed by atoms with Gasteiger partial charge in [0.15, 0.2) is 6.73 Å². The van der Waals surface area contributed by atoms with Gasteiger partial charge in [-0.1, -0.05) is 0 Å². The molecular formula is C15H19N5O3. The summed E-state index contributed by atoms with van der Waals surface area (Å²) in [5.41, 5.74) is 6.40. The molecule has 1 aromatic heterocycles. The summed E-state index contributed by atoms with van der Waals surface area (Å²) in [6.45, 7) is 2.02. The molecule has 0 aliphatic heterocycles. The van der Waals surface area contributed by atoms with Crippen molar-refractivity contribution in [3.63, 3.8) is 0 Å². The fourth-order valence-corrected chi connectivity index (χ4v) is 1.74. The van der Waals surface area contributed by atoms with Crippen molar-refractivity contribution in [3.05, 3.63) is 41.9 Å². The molecule has 0 aliphatic carbocycles. The zero-order chi connectivity index (χ0) is 16.7. The number of urea groups is 1. The van der Waals surface area contributed by atoms with Crippen LogP contribution in [0.5, 0.6) is 11.5 Å². The average Bonchev–Trinajstić information content (AvgIpc) is 2.54. The summed E-state index contributed by atoms with van der Waals surface area (Å²) in [6, 6.07) is 6.68. The van der Waals surface area contributed by atoms with E-state index in [9.17, 15) is 4.79 Å². The molecule has 2 aromatic rings. The number of rotatable bonds is 6. The predicted molar refractivity (Wildman–Crippen MR) is 85.0 cm³/mol. The topological polar surface area (TPSA) is 111 Å². The molecule has 122 valence electrons. The van der Waals surface area contributed by atoms with Crippen molar-refractivity contribution >= 4 is 11.8 Å². The summed E-state index contributed by atoms with van der Waals surface area (Å²) in [5, 5.41) is 5.23. The first-order valence-electron chi connectivity index (χ1n) is 6.95. The van der Waals surface area contributed by atoms with Crippen molar-refractivity contribution < 1.29 is 14.3 Å². The Labute approximate surface area is 134 Å². The molecule has 23 heavy (non-hydrogen) atoms. The highest BCUT2D eigenvalue weighted by Crippen LogP contribution is 2.16. The summed E-state index contributed by atoms with van der Waals surface area (Å²) in [6.07, 6.45) is 1.59. The quantitative estimate of drug-likeness (QED) is 0.691. The van der Waals surface area contributed by atoms with Crippen LogP contribution in [-0.4, -0.2) is 29.8 Å². The summed E-state index contributed by atoms with van der Waals surface area (Å²) in [4.78, 5) is 19.7. The molecule has 2 rings (SSSR count). The Balaban J connectivity index is 1.72. The molecule has 8 nitrogen and oxygen atoms in total. The van der Waals surface area contributed by atoms with E-state index in [1.807, 2.05) is 0 Å². The molecule has 0 saturated carbocycles. The Hall–Kier alpha value is -3.03. The van der Waals surface area contributed by atoms with Gasteiger partial charge >= 0.3 is 6.03 Å².